The molecule has 0 aliphatic heterocycles. The molecule has 106 valence electrons. The van der Waals surface area contributed by atoms with Crippen molar-refractivity contribution < 1.29 is 9.53 Å². The number of aromatic nitrogens is 2. The van der Waals surface area contributed by atoms with Crippen LogP contribution in [0.1, 0.15) is 15.4 Å². The van der Waals surface area contributed by atoms with E-state index < -0.39 is 0 Å². The van der Waals surface area contributed by atoms with Crippen LogP contribution in [0.3, 0.4) is 0 Å². The summed E-state index contributed by atoms with van der Waals surface area (Å²) < 4.78 is 5.13. The summed E-state index contributed by atoms with van der Waals surface area (Å²) in [6.07, 6.45) is 0.573. The highest BCUT2D eigenvalue weighted by molar-refractivity contribution is 7.15. The molecule has 0 radical (unpaired) electrons. The number of nitrogens with zero attached hydrogens (tertiary/aromatic N) is 2. The molecule has 0 unspecified atom stereocenters. The first-order chi connectivity index (χ1) is 9.60. The summed E-state index contributed by atoms with van der Waals surface area (Å²) in [7, 11) is 1.50. The topological polar surface area (TPSA) is 90.1 Å². The van der Waals surface area contributed by atoms with Crippen LogP contribution < -0.4 is 15.8 Å². The zero-order valence-corrected chi connectivity index (χ0v) is 12.3. The number of nitrogens with one attached hydrogen (secondary N) is 1. The molecule has 0 aliphatic rings. The smallest absolute Gasteiger partial charge is 0.255 e. The first-order valence-corrected chi connectivity index (χ1v) is 6.99. The summed E-state index contributed by atoms with van der Waals surface area (Å²) in [5.41, 5.74) is 5.88. The highest BCUT2D eigenvalue weighted by Gasteiger charge is 2.12. The van der Waals surface area contributed by atoms with E-state index in [9.17, 15) is 4.79 Å². The highest BCUT2D eigenvalue weighted by Crippen LogP contribution is 2.22. The Kier molecular flexibility index (Phi) is 4.75. The Morgan fingerprint density at radius 1 is 1.50 bits per heavy atom. The lowest BCUT2D eigenvalue weighted by Crippen LogP contribution is -2.26. The molecule has 2 aromatic rings. The number of hydrogen-bond acceptors (Lipinski definition) is 6. The zero-order chi connectivity index (χ0) is 14.5. The Balaban J connectivity index is 1.96. The highest BCUT2D eigenvalue weighted by atomic mass is 35.5. The van der Waals surface area contributed by atoms with E-state index >= 15 is 0 Å². The van der Waals surface area contributed by atoms with Gasteiger partial charge < -0.3 is 15.8 Å². The van der Waals surface area contributed by atoms with E-state index in [-0.39, 0.29) is 5.91 Å². The minimum Gasteiger partial charge on any atom is -0.496 e. The van der Waals surface area contributed by atoms with Gasteiger partial charge in [0.05, 0.1) is 12.7 Å². The molecule has 0 saturated heterocycles. The Morgan fingerprint density at radius 3 is 2.95 bits per heavy atom. The number of rotatable bonds is 5. The number of anilines is 1. The van der Waals surface area contributed by atoms with Gasteiger partial charge in [-0.1, -0.05) is 22.9 Å². The maximum Gasteiger partial charge on any atom is 0.255 e. The summed E-state index contributed by atoms with van der Waals surface area (Å²) in [5.74, 6) is 0.230. The molecule has 0 bridgehead atoms. The second kappa shape index (κ2) is 6.53. The molecule has 0 fully saturated rings. The van der Waals surface area contributed by atoms with Crippen molar-refractivity contribution in [1.29, 1.82) is 0 Å². The second-order valence-electron chi connectivity index (χ2n) is 3.88. The molecule has 1 amide bonds. The lowest BCUT2D eigenvalue weighted by atomic mass is 10.2. The average Bonchev–Trinajstić information content (AvgIpc) is 2.84. The van der Waals surface area contributed by atoms with Crippen molar-refractivity contribution in [2.45, 2.75) is 6.42 Å². The first kappa shape index (κ1) is 14.5. The van der Waals surface area contributed by atoms with Crippen molar-refractivity contribution in [1.82, 2.24) is 15.5 Å². The van der Waals surface area contributed by atoms with Gasteiger partial charge in [0.15, 0.2) is 0 Å². The van der Waals surface area contributed by atoms with E-state index in [2.05, 4.69) is 15.5 Å². The van der Waals surface area contributed by atoms with Gasteiger partial charge in [-0.15, -0.1) is 10.2 Å². The Morgan fingerprint density at radius 2 is 2.30 bits per heavy atom. The normalized spacial score (nSPS) is 10.3. The standard InChI is InChI=1S/C12H13ClN4O2S/c1-19-9-3-2-7(13)6-8(9)11(18)15-5-4-10-16-17-12(14)20-10/h2-3,6H,4-5H2,1H3,(H2,14,17)(H,15,18). The van der Waals surface area contributed by atoms with Crippen molar-refractivity contribution in [2.24, 2.45) is 0 Å². The van der Waals surface area contributed by atoms with Crippen molar-refractivity contribution in [3.8, 4) is 5.75 Å². The van der Waals surface area contributed by atoms with E-state index in [1.807, 2.05) is 0 Å². The predicted octanol–water partition coefficient (Wildman–Crippen LogP) is 1.75. The summed E-state index contributed by atoms with van der Waals surface area (Å²) in [6.45, 7) is 0.434. The number of methoxy groups -OCH3 is 1. The number of nitrogens with two attached hydrogens (primary N) is 1. The summed E-state index contributed by atoms with van der Waals surface area (Å²) in [5, 5.41) is 12.0. The van der Waals surface area contributed by atoms with Crippen LogP contribution in [0.15, 0.2) is 18.2 Å². The lowest BCUT2D eigenvalue weighted by molar-refractivity contribution is 0.0951. The Labute approximate surface area is 124 Å². The molecule has 8 heteroatoms. The third-order valence-electron chi connectivity index (χ3n) is 2.51. The van der Waals surface area contributed by atoms with E-state index in [1.165, 1.54) is 18.4 Å². The fourth-order valence-electron chi connectivity index (χ4n) is 1.60. The van der Waals surface area contributed by atoms with Crippen LogP contribution in [-0.2, 0) is 6.42 Å². The molecule has 0 aliphatic carbocycles. The average molecular weight is 313 g/mol. The van der Waals surface area contributed by atoms with E-state index in [1.54, 1.807) is 18.2 Å². The minimum absolute atomic E-state index is 0.248. The van der Waals surface area contributed by atoms with Gasteiger partial charge in [0.2, 0.25) is 5.13 Å². The van der Waals surface area contributed by atoms with Crippen molar-refractivity contribution in [2.75, 3.05) is 19.4 Å². The third-order valence-corrected chi connectivity index (χ3v) is 3.56. The molecule has 1 heterocycles. The van der Waals surface area contributed by atoms with Crippen molar-refractivity contribution >= 4 is 34.0 Å². The number of carbonyl (C=O) groups is 1. The van der Waals surface area contributed by atoms with Gasteiger partial charge in [-0.05, 0) is 18.2 Å². The van der Waals surface area contributed by atoms with Gasteiger partial charge in [0, 0.05) is 18.0 Å². The van der Waals surface area contributed by atoms with Crippen molar-refractivity contribution in [3.63, 3.8) is 0 Å². The van der Waals surface area contributed by atoms with E-state index in [4.69, 9.17) is 22.1 Å². The first-order valence-electron chi connectivity index (χ1n) is 5.79. The fraction of sp³-hybridized carbons (Fsp3) is 0.250. The summed E-state index contributed by atoms with van der Waals surface area (Å²) in [4.78, 5) is 12.1. The van der Waals surface area contributed by atoms with Crippen LogP contribution in [0.2, 0.25) is 5.02 Å². The maximum absolute atomic E-state index is 12.1. The Bertz CT molecular complexity index is 617. The molecule has 3 N–H and O–H groups in total. The molecule has 0 spiro atoms. The van der Waals surface area contributed by atoms with Crippen LogP contribution in [-0.4, -0.2) is 29.8 Å². The fourth-order valence-corrected chi connectivity index (χ4v) is 2.38. The van der Waals surface area contributed by atoms with Crippen LogP contribution in [0.25, 0.3) is 0 Å². The van der Waals surface area contributed by atoms with E-state index in [0.717, 1.165) is 5.01 Å². The third kappa shape index (κ3) is 3.58. The SMILES string of the molecule is COc1ccc(Cl)cc1C(=O)NCCc1nnc(N)s1. The lowest BCUT2D eigenvalue weighted by Gasteiger charge is -2.09. The molecule has 6 nitrogen and oxygen atoms in total. The minimum atomic E-state index is -0.248. The molecule has 0 atom stereocenters. The second-order valence-corrected chi connectivity index (χ2v) is 5.41. The molecule has 1 aromatic carbocycles. The van der Waals surface area contributed by atoms with Crippen LogP contribution in [0.4, 0.5) is 5.13 Å². The molecule has 20 heavy (non-hydrogen) atoms. The van der Waals surface area contributed by atoms with Gasteiger partial charge in [0.25, 0.3) is 5.91 Å². The monoisotopic (exact) mass is 312 g/mol. The van der Waals surface area contributed by atoms with Gasteiger partial charge in [-0.3, -0.25) is 4.79 Å². The number of nitrogen functional groups attached to an aromatic ring is 1. The number of carbonyl (C=O) groups excluding carboxylic acids is 1. The van der Waals surface area contributed by atoms with Crippen molar-refractivity contribution in [3.05, 3.63) is 33.8 Å². The molecule has 1 aromatic heterocycles. The molecular formula is C12H13ClN4O2S. The zero-order valence-electron chi connectivity index (χ0n) is 10.7. The number of hydrogen-bond donors (Lipinski definition) is 2. The summed E-state index contributed by atoms with van der Waals surface area (Å²) in [6, 6.07) is 4.89. The number of halogens is 1. The predicted molar refractivity (Wildman–Crippen MR) is 78.4 cm³/mol. The van der Waals surface area contributed by atoms with Crippen LogP contribution in [0.5, 0.6) is 5.75 Å². The molecule has 0 saturated carbocycles. The number of amides is 1. The van der Waals surface area contributed by atoms with Gasteiger partial charge in [-0.25, -0.2) is 0 Å². The largest absolute Gasteiger partial charge is 0.496 e. The summed E-state index contributed by atoms with van der Waals surface area (Å²) >= 11 is 7.19. The van der Waals surface area contributed by atoms with Crippen LogP contribution >= 0.6 is 22.9 Å². The van der Waals surface area contributed by atoms with E-state index in [0.29, 0.717) is 34.4 Å². The quantitative estimate of drug-likeness (QED) is 0.878. The van der Waals surface area contributed by atoms with Gasteiger partial charge >= 0.3 is 0 Å². The van der Waals surface area contributed by atoms with Gasteiger partial charge in [0.1, 0.15) is 10.8 Å². The maximum atomic E-state index is 12.1. The van der Waals surface area contributed by atoms with Gasteiger partial charge in [-0.2, -0.15) is 0 Å². The number of ether oxygens (including phenoxy) is 1. The van der Waals surface area contributed by atoms with Crippen LogP contribution in [0, 0.1) is 0 Å². The Hall–Kier alpha value is -1.86. The molecular weight excluding hydrogens is 300 g/mol. The molecule has 2 rings (SSSR count). The number of benzene rings is 1.